The van der Waals surface area contributed by atoms with E-state index in [9.17, 15) is 26.4 Å². The summed E-state index contributed by atoms with van der Waals surface area (Å²) >= 11 is 0. The highest BCUT2D eigenvalue weighted by Crippen LogP contribution is 2.41. The zero-order valence-electron chi connectivity index (χ0n) is 20.7. The van der Waals surface area contributed by atoms with E-state index >= 15 is 0 Å². The van der Waals surface area contributed by atoms with Crippen molar-refractivity contribution in [2.24, 2.45) is 11.8 Å². The predicted octanol–water partition coefficient (Wildman–Crippen LogP) is 6.37. The van der Waals surface area contributed by atoms with Gasteiger partial charge >= 0.3 is 12.1 Å². The molecule has 1 aliphatic carbocycles. The maximum atomic E-state index is 13.7. The highest BCUT2D eigenvalue weighted by atomic mass is 32.2. The highest BCUT2D eigenvalue weighted by Gasteiger charge is 2.37. The van der Waals surface area contributed by atoms with Crippen molar-refractivity contribution in [3.8, 4) is 5.75 Å². The third kappa shape index (κ3) is 6.29. The Kier molecular flexibility index (Phi) is 7.60. The Bertz CT molecular complexity index is 1290. The number of halogens is 3. The van der Waals surface area contributed by atoms with Crippen molar-refractivity contribution in [1.29, 1.82) is 0 Å². The number of carboxylic acids is 1. The summed E-state index contributed by atoms with van der Waals surface area (Å²) in [5.41, 5.74) is 1.18. The van der Waals surface area contributed by atoms with Crippen LogP contribution in [0.5, 0.6) is 5.75 Å². The van der Waals surface area contributed by atoms with Crippen LogP contribution in [0.25, 0.3) is 6.08 Å². The van der Waals surface area contributed by atoms with Gasteiger partial charge in [-0.2, -0.15) is 13.2 Å². The van der Waals surface area contributed by atoms with Gasteiger partial charge in [0.1, 0.15) is 11.9 Å². The zero-order valence-corrected chi connectivity index (χ0v) is 21.5. The standard InChI is InChI=1S/C27H30F3NO5S/c1-17-10-18(2)12-20(11-17)13-19-6-8-25-24(14-19)31(16-22(36-25)7-9-26(32)33)37(34,35)23-5-3-4-21(15-23)27(28,29)30/h3-6,8,13-15,17-18,22H,7,9-12,16H2,1-2H3,(H,32,33)/t17-,18+,22-/m0/s1. The molecule has 0 radical (unpaired) electrons. The normalized spacial score (nSPS) is 23.4. The molecule has 0 amide bonds. The summed E-state index contributed by atoms with van der Waals surface area (Å²) in [4.78, 5) is 10.6. The van der Waals surface area contributed by atoms with Crippen LogP contribution >= 0.6 is 0 Å². The largest absolute Gasteiger partial charge is 0.486 e. The van der Waals surface area contributed by atoms with Crippen LogP contribution in [0.3, 0.4) is 0 Å². The second kappa shape index (κ2) is 10.4. The molecule has 1 fully saturated rings. The Morgan fingerprint density at radius 2 is 1.84 bits per heavy atom. The Balaban J connectivity index is 1.75. The molecule has 0 bridgehead atoms. The molecule has 37 heavy (non-hydrogen) atoms. The van der Waals surface area contributed by atoms with Crippen LogP contribution in [0.2, 0.25) is 0 Å². The summed E-state index contributed by atoms with van der Waals surface area (Å²) < 4.78 is 74.3. The van der Waals surface area contributed by atoms with Crippen molar-refractivity contribution in [2.75, 3.05) is 10.8 Å². The van der Waals surface area contributed by atoms with Gasteiger partial charge in [-0.05, 0) is 73.4 Å². The van der Waals surface area contributed by atoms with E-state index in [1.54, 1.807) is 12.1 Å². The fraction of sp³-hybridized carbons (Fsp3) is 0.444. The van der Waals surface area contributed by atoms with Crippen molar-refractivity contribution >= 4 is 27.8 Å². The molecule has 200 valence electrons. The molecule has 6 nitrogen and oxygen atoms in total. The maximum Gasteiger partial charge on any atom is 0.416 e. The van der Waals surface area contributed by atoms with Gasteiger partial charge in [-0.1, -0.05) is 37.6 Å². The lowest BCUT2D eigenvalue weighted by Gasteiger charge is -2.35. The van der Waals surface area contributed by atoms with Gasteiger partial charge in [0.25, 0.3) is 10.0 Å². The number of nitrogens with zero attached hydrogens (tertiary/aromatic N) is 1. The topological polar surface area (TPSA) is 83.9 Å². The molecule has 1 saturated carbocycles. The third-order valence-corrected chi connectivity index (χ3v) is 8.52. The molecule has 0 spiro atoms. The number of carboxylic acid groups (broad SMARTS) is 1. The van der Waals surface area contributed by atoms with Crippen molar-refractivity contribution in [3.05, 3.63) is 59.2 Å². The number of anilines is 1. The molecule has 3 atom stereocenters. The summed E-state index contributed by atoms with van der Waals surface area (Å²) in [5, 5.41) is 9.08. The van der Waals surface area contributed by atoms with Crippen molar-refractivity contribution in [3.63, 3.8) is 0 Å². The SMILES string of the molecule is C[C@@H]1CC(=Cc2ccc3c(c2)N(S(=O)(=O)c2cccc(C(F)(F)F)c2)C[C@H](CCC(=O)O)O3)C[C@H](C)C1. The van der Waals surface area contributed by atoms with Crippen molar-refractivity contribution in [1.82, 2.24) is 0 Å². The quantitative estimate of drug-likeness (QED) is 0.463. The van der Waals surface area contributed by atoms with Crippen LogP contribution in [0.1, 0.15) is 57.1 Å². The van der Waals surface area contributed by atoms with Gasteiger partial charge in [-0.15, -0.1) is 0 Å². The Labute approximate surface area is 214 Å². The lowest BCUT2D eigenvalue weighted by Crippen LogP contribution is -2.43. The first-order chi connectivity index (χ1) is 17.3. The van der Waals surface area contributed by atoms with Gasteiger partial charge in [-0.3, -0.25) is 9.10 Å². The number of aliphatic carboxylic acids is 1. The molecule has 1 aliphatic heterocycles. The molecule has 4 rings (SSSR count). The van der Waals surface area contributed by atoms with E-state index in [1.165, 1.54) is 5.57 Å². The van der Waals surface area contributed by atoms with Gasteiger partial charge in [-0.25, -0.2) is 8.42 Å². The van der Waals surface area contributed by atoms with Crippen LogP contribution in [-0.4, -0.2) is 32.1 Å². The smallest absolute Gasteiger partial charge is 0.416 e. The lowest BCUT2D eigenvalue weighted by molar-refractivity contribution is -0.138. The molecule has 1 heterocycles. The highest BCUT2D eigenvalue weighted by molar-refractivity contribution is 7.92. The molecular weight excluding hydrogens is 507 g/mol. The zero-order chi connectivity index (χ0) is 27.0. The Hall–Kier alpha value is -3.01. The molecule has 0 saturated heterocycles. The summed E-state index contributed by atoms with van der Waals surface area (Å²) in [7, 11) is -4.41. The number of hydrogen-bond acceptors (Lipinski definition) is 4. The van der Waals surface area contributed by atoms with Crippen LogP contribution in [0, 0.1) is 11.8 Å². The summed E-state index contributed by atoms with van der Waals surface area (Å²) in [6.07, 6.45) is -0.583. The first-order valence-electron chi connectivity index (χ1n) is 12.2. The number of ether oxygens (including phenoxy) is 1. The van der Waals surface area contributed by atoms with Gasteiger partial charge in [0.2, 0.25) is 0 Å². The fourth-order valence-electron chi connectivity index (χ4n) is 5.23. The third-order valence-electron chi connectivity index (χ3n) is 6.74. The second-order valence-electron chi connectivity index (χ2n) is 10.1. The van der Waals surface area contributed by atoms with Crippen molar-refractivity contribution in [2.45, 2.75) is 63.1 Å². The number of rotatable bonds is 6. The van der Waals surface area contributed by atoms with Crippen LogP contribution in [0.15, 0.2) is 52.9 Å². The average Bonchev–Trinajstić information content (AvgIpc) is 2.81. The molecule has 2 aromatic rings. The molecule has 2 aromatic carbocycles. The predicted molar refractivity (Wildman–Crippen MR) is 134 cm³/mol. The van der Waals surface area contributed by atoms with E-state index in [4.69, 9.17) is 9.84 Å². The number of carbonyl (C=O) groups is 1. The van der Waals surface area contributed by atoms with E-state index in [0.717, 1.165) is 47.3 Å². The van der Waals surface area contributed by atoms with E-state index < -0.39 is 38.7 Å². The van der Waals surface area contributed by atoms with E-state index in [0.29, 0.717) is 17.9 Å². The molecule has 0 unspecified atom stereocenters. The minimum Gasteiger partial charge on any atom is -0.486 e. The Morgan fingerprint density at radius 3 is 2.49 bits per heavy atom. The minimum absolute atomic E-state index is 0.0466. The van der Waals surface area contributed by atoms with Crippen molar-refractivity contribution < 1.29 is 36.2 Å². The first kappa shape index (κ1) is 27.0. The van der Waals surface area contributed by atoms with Crippen LogP contribution in [0.4, 0.5) is 18.9 Å². The summed E-state index contributed by atoms with van der Waals surface area (Å²) in [5.74, 6) is 0.275. The van der Waals surface area contributed by atoms with Gasteiger partial charge in [0, 0.05) is 6.42 Å². The average molecular weight is 538 g/mol. The minimum atomic E-state index is -4.70. The molecule has 1 N–H and O–H groups in total. The molecule has 2 aliphatic rings. The summed E-state index contributed by atoms with van der Waals surface area (Å²) in [6, 6.07) is 8.74. The first-order valence-corrected chi connectivity index (χ1v) is 13.7. The second-order valence-corrected chi connectivity index (χ2v) is 12.0. The maximum absolute atomic E-state index is 13.7. The fourth-order valence-corrected chi connectivity index (χ4v) is 6.77. The van der Waals surface area contributed by atoms with E-state index in [1.807, 2.05) is 12.1 Å². The van der Waals surface area contributed by atoms with Crippen LogP contribution < -0.4 is 9.04 Å². The number of benzene rings is 2. The van der Waals surface area contributed by atoms with Gasteiger partial charge in [0.05, 0.1) is 22.7 Å². The number of alkyl halides is 3. The summed E-state index contributed by atoms with van der Waals surface area (Å²) in [6.45, 7) is 4.18. The van der Waals surface area contributed by atoms with Crippen LogP contribution in [-0.2, 0) is 21.0 Å². The molecule has 0 aromatic heterocycles. The Morgan fingerprint density at radius 1 is 1.14 bits per heavy atom. The number of allylic oxidation sites excluding steroid dienone is 1. The number of sulfonamides is 1. The molecule has 10 heteroatoms. The molecular formula is C27H30F3NO5S. The van der Waals surface area contributed by atoms with E-state index in [2.05, 4.69) is 13.8 Å². The lowest BCUT2D eigenvalue weighted by atomic mass is 9.80. The van der Waals surface area contributed by atoms with Gasteiger partial charge < -0.3 is 9.84 Å². The number of hydrogen-bond donors (Lipinski definition) is 1. The monoisotopic (exact) mass is 537 g/mol. The van der Waals surface area contributed by atoms with Gasteiger partial charge in [0.15, 0.2) is 0 Å². The number of fused-ring (bicyclic) bond motifs is 1. The van der Waals surface area contributed by atoms with E-state index in [-0.39, 0.29) is 30.8 Å².